The number of nitrogens with zero attached hydrogens (tertiary/aromatic N) is 2. The Balaban J connectivity index is 1.60. The van der Waals surface area contributed by atoms with Crippen LogP contribution in [0.1, 0.15) is 27.2 Å². The van der Waals surface area contributed by atoms with Gasteiger partial charge in [-0.1, -0.05) is 30.3 Å². The van der Waals surface area contributed by atoms with Crippen molar-refractivity contribution in [3.63, 3.8) is 0 Å². The van der Waals surface area contributed by atoms with Crippen molar-refractivity contribution in [2.75, 3.05) is 24.5 Å². The first-order valence-corrected chi connectivity index (χ1v) is 9.11. The molecule has 2 amide bonds. The normalized spacial score (nSPS) is 14.9. The highest BCUT2D eigenvalue weighted by molar-refractivity contribution is 6.03. The first kappa shape index (κ1) is 17.3. The lowest BCUT2D eigenvalue weighted by Gasteiger charge is -2.34. The molecule has 4 rings (SSSR count). The minimum Gasteiger partial charge on any atom is -0.450 e. The molecule has 5 heteroatoms. The molecule has 1 aromatic heterocycles. The number of benzene rings is 2. The number of hydrogen-bond donors (Lipinski definition) is 0. The van der Waals surface area contributed by atoms with Gasteiger partial charge in [-0.05, 0) is 44.0 Å². The minimum atomic E-state index is -0.221. The summed E-state index contributed by atoms with van der Waals surface area (Å²) in [6, 6.07) is 13.6. The third-order valence-electron chi connectivity index (χ3n) is 5.40. The van der Waals surface area contributed by atoms with Crippen LogP contribution in [-0.2, 0) is 4.79 Å². The summed E-state index contributed by atoms with van der Waals surface area (Å²) in [5.41, 5.74) is 4.61. The molecule has 0 saturated carbocycles. The van der Waals surface area contributed by atoms with Crippen molar-refractivity contribution in [1.82, 2.24) is 4.90 Å². The number of para-hydroxylation sites is 1. The fraction of sp³-hybridized carbons (Fsp3) is 0.273. The van der Waals surface area contributed by atoms with Crippen molar-refractivity contribution in [3.8, 4) is 0 Å². The molecule has 2 aromatic carbocycles. The number of hydrogen-bond acceptors (Lipinski definition) is 3. The summed E-state index contributed by atoms with van der Waals surface area (Å²) in [6.45, 7) is 6.94. The second-order valence-corrected chi connectivity index (χ2v) is 7.05. The Hall–Kier alpha value is -3.08. The molecule has 0 spiro atoms. The third kappa shape index (κ3) is 2.89. The zero-order chi connectivity index (χ0) is 19.1. The van der Waals surface area contributed by atoms with Gasteiger partial charge in [0.25, 0.3) is 5.91 Å². The molecule has 27 heavy (non-hydrogen) atoms. The lowest BCUT2D eigenvalue weighted by Crippen LogP contribution is -2.52. The van der Waals surface area contributed by atoms with Gasteiger partial charge in [0.2, 0.25) is 5.91 Å². The van der Waals surface area contributed by atoms with Gasteiger partial charge in [0, 0.05) is 29.7 Å². The van der Waals surface area contributed by atoms with Gasteiger partial charge in [-0.15, -0.1) is 0 Å². The molecule has 138 valence electrons. The van der Waals surface area contributed by atoms with Crippen LogP contribution in [0.25, 0.3) is 11.0 Å². The second-order valence-electron chi connectivity index (χ2n) is 7.05. The van der Waals surface area contributed by atoms with E-state index in [9.17, 15) is 9.59 Å². The highest BCUT2D eigenvalue weighted by Crippen LogP contribution is 2.30. The highest BCUT2D eigenvalue weighted by atomic mass is 16.3. The first-order chi connectivity index (χ1) is 13.0. The molecule has 0 N–H and O–H groups in total. The number of piperazine rings is 1. The number of aryl methyl sites for hydroxylation is 3. The van der Waals surface area contributed by atoms with Crippen LogP contribution in [-0.4, -0.2) is 36.3 Å². The smallest absolute Gasteiger partial charge is 0.290 e. The molecular formula is C22H22N2O3. The number of carbonyl (C=O) groups is 2. The largest absolute Gasteiger partial charge is 0.450 e. The van der Waals surface area contributed by atoms with Crippen molar-refractivity contribution in [1.29, 1.82) is 0 Å². The third-order valence-corrected chi connectivity index (χ3v) is 5.40. The lowest BCUT2D eigenvalue weighted by molar-refractivity contribution is -0.120. The molecule has 0 atom stereocenters. The van der Waals surface area contributed by atoms with E-state index in [4.69, 9.17) is 4.42 Å². The van der Waals surface area contributed by atoms with Crippen molar-refractivity contribution in [3.05, 3.63) is 64.9 Å². The summed E-state index contributed by atoms with van der Waals surface area (Å²) in [7, 11) is 0. The Kier molecular flexibility index (Phi) is 4.22. The monoisotopic (exact) mass is 362 g/mol. The van der Waals surface area contributed by atoms with Gasteiger partial charge in [0.05, 0.1) is 0 Å². The van der Waals surface area contributed by atoms with Crippen LogP contribution in [0.4, 0.5) is 5.69 Å². The van der Waals surface area contributed by atoms with Crippen molar-refractivity contribution in [2.24, 2.45) is 0 Å². The van der Waals surface area contributed by atoms with Crippen LogP contribution in [0, 0.1) is 20.8 Å². The van der Waals surface area contributed by atoms with Crippen LogP contribution < -0.4 is 4.90 Å². The van der Waals surface area contributed by atoms with Crippen LogP contribution in [0.3, 0.4) is 0 Å². The summed E-state index contributed by atoms with van der Waals surface area (Å²) in [5, 5.41) is 0.954. The molecule has 1 saturated heterocycles. The molecule has 1 aliphatic rings. The summed E-state index contributed by atoms with van der Waals surface area (Å²) < 4.78 is 5.96. The average Bonchev–Trinajstić information content (AvgIpc) is 3.02. The molecule has 0 bridgehead atoms. The zero-order valence-corrected chi connectivity index (χ0v) is 15.8. The maximum absolute atomic E-state index is 13.0. The fourth-order valence-corrected chi connectivity index (χ4v) is 3.59. The topological polar surface area (TPSA) is 53.8 Å². The molecule has 5 nitrogen and oxygen atoms in total. The van der Waals surface area contributed by atoms with Crippen LogP contribution in [0.2, 0.25) is 0 Å². The predicted octanol–water partition coefficient (Wildman–Crippen LogP) is 3.85. The Bertz CT molecular complexity index is 1040. The number of fused-ring (bicyclic) bond motifs is 1. The van der Waals surface area contributed by atoms with E-state index in [0.717, 1.165) is 33.3 Å². The number of rotatable bonds is 2. The Labute approximate surface area is 158 Å². The molecule has 0 radical (unpaired) electrons. The second kappa shape index (κ2) is 6.58. The number of amides is 2. The quantitative estimate of drug-likeness (QED) is 0.696. The zero-order valence-electron chi connectivity index (χ0n) is 15.8. The number of carbonyl (C=O) groups excluding carboxylic acids is 2. The van der Waals surface area contributed by atoms with E-state index >= 15 is 0 Å². The van der Waals surface area contributed by atoms with E-state index in [1.165, 1.54) is 0 Å². The number of furan rings is 1. The van der Waals surface area contributed by atoms with Gasteiger partial charge >= 0.3 is 0 Å². The van der Waals surface area contributed by atoms with E-state index in [1.54, 1.807) is 9.80 Å². The van der Waals surface area contributed by atoms with Crippen molar-refractivity contribution >= 4 is 28.5 Å². The standard InChI is InChI=1S/C22H22N2O3/c1-14-9-10-18-16(3)21(27-20(18)15(14)2)22(26)23-11-12-24(19(25)13-23)17-7-5-4-6-8-17/h4-10H,11-13H2,1-3H3. The fourth-order valence-electron chi connectivity index (χ4n) is 3.59. The van der Waals surface area contributed by atoms with Gasteiger partial charge in [-0.3, -0.25) is 9.59 Å². The van der Waals surface area contributed by atoms with Crippen molar-refractivity contribution in [2.45, 2.75) is 20.8 Å². The van der Waals surface area contributed by atoms with E-state index in [0.29, 0.717) is 18.8 Å². The molecule has 1 aliphatic heterocycles. The molecule has 3 aromatic rings. The average molecular weight is 362 g/mol. The Morgan fingerprint density at radius 3 is 2.41 bits per heavy atom. The summed E-state index contributed by atoms with van der Waals surface area (Å²) >= 11 is 0. The van der Waals surface area contributed by atoms with Crippen LogP contribution in [0.15, 0.2) is 46.9 Å². The maximum atomic E-state index is 13.0. The Morgan fingerprint density at radius 2 is 1.70 bits per heavy atom. The SMILES string of the molecule is Cc1ccc2c(C)c(C(=O)N3CCN(c4ccccc4)C(=O)C3)oc2c1C. The van der Waals surface area contributed by atoms with Gasteiger partial charge < -0.3 is 14.2 Å². The molecular weight excluding hydrogens is 340 g/mol. The number of anilines is 1. The predicted molar refractivity (Wildman–Crippen MR) is 105 cm³/mol. The summed E-state index contributed by atoms with van der Waals surface area (Å²) in [4.78, 5) is 28.9. The first-order valence-electron chi connectivity index (χ1n) is 9.11. The van der Waals surface area contributed by atoms with E-state index < -0.39 is 0 Å². The summed E-state index contributed by atoms with van der Waals surface area (Å²) in [6.07, 6.45) is 0. The van der Waals surface area contributed by atoms with Crippen molar-refractivity contribution < 1.29 is 14.0 Å². The van der Waals surface area contributed by atoms with Gasteiger partial charge in [-0.2, -0.15) is 0 Å². The lowest BCUT2D eigenvalue weighted by atomic mass is 10.0. The van der Waals surface area contributed by atoms with E-state index in [-0.39, 0.29) is 18.4 Å². The van der Waals surface area contributed by atoms with Gasteiger partial charge in [0.15, 0.2) is 5.76 Å². The van der Waals surface area contributed by atoms with Gasteiger partial charge in [0.1, 0.15) is 12.1 Å². The molecule has 1 fully saturated rings. The van der Waals surface area contributed by atoms with Crippen LogP contribution in [0.5, 0.6) is 0 Å². The highest BCUT2D eigenvalue weighted by Gasteiger charge is 2.31. The molecule has 0 aliphatic carbocycles. The maximum Gasteiger partial charge on any atom is 0.290 e. The molecule has 2 heterocycles. The minimum absolute atomic E-state index is 0.0578. The Morgan fingerprint density at radius 1 is 0.963 bits per heavy atom. The van der Waals surface area contributed by atoms with Gasteiger partial charge in [-0.25, -0.2) is 0 Å². The summed E-state index contributed by atoms with van der Waals surface area (Å²) in [5.74, 6) is 0.0306. The van der Waals surface area contributed by atoms with E-state index in [1.807, 2.05) is 63.2 Å². The van der Waals surface area contributed by atoms with Crippen LogP contribution >= 0.6 is 0 Å². The molecule has 0 unspecified atom stereocenters. The van der Waals surface area contributed by atoms with E-state index in [2.05, 4.69) is 0 Å².